The Bertz CT molecular complexity index is 690. The Labute approximate surface area is 165 Å². The molecule has 1 aliphatic heterocycles. The number of carbonyl (C=O) groups excluding carboxylic acids is 3. The van der Waals surface area contributed by atoms with E-state index in [1.807, 2.05) is 14.1 Å². The van der Waals surface area contributed by atoms with E-state index in [0.29, 0.717) is 13.1 Å². The van der Waals surface area contributed by atoms with Crippen molar-refractivity contribution in [1.82, 2.24) is 15.1 Å². The second-order valence-electron chi connectivity index (χ2n) is 7.35. The monoisotopic (exact) mass is 391 g/mol. The highest BCUT2D eigenvalue weighted by atomic mass is 16.5. The summed E-state index contributed by atoms with van der Waals surface area (Å²) in [7, 11) is 5.22. The quantitative estimate of drug-likeness (QED) is 0.591. The molecule has 1 saturated heterocycles. The van der Waals surface area contributed by atoms with Gasteiger partial charge in [0, 0.05) is 25.9 Å². The van der Waals surface area contributed by atoms with E-state index in [-0.39, 0.29) is 30.4 Å². The number of benzene rings is 1. The largest absolute Gasteiger partial charge is 0.508 e. The first-order valence-electron chi connectivity index (χ1n) is 9.38. The van der Waals surface area contributed by atoms with E-state index in [1.54, 1.807) is 17.0 Å². The molecule has 2 amide bonds. The average Bonchev–Trinajstić information content (AvgIpc) is 3.03. The molecule has 1 aliphatic rings. The summed E-state index contributed by atoms with van der Waals surface area (Å²) in [6.07, 6.45) is 1.24. The van der Waals surface area contributed by atoms with Crippen LogP contribution in [0.4, 0.5) is 0 Å². The minimum Gasteiger partial charge on any atom is -0.508 e. The van der Waals surface area contributed by atoms with Crippen molar-refractivity contribution >= 4 is 17.8 Å². The van der Waals surface area contributed by atoms with Crippen LogP contribution < -0.4 is 5.32 Å². The van der Waals surface area contributed by atoms with E-state index in [2.05, 4.69) is 10.2 Å². The van der Waals surface area contributed by atoms with Crippen molar-refractivity contribution in [2.24, 2.45) is 5.92 Å². The fraction of sp³-hybridized carbons (Fsp3) is 0.550. The predicted octanol–water partition coefficient (Wildman–Crippen LogP) is 0.393. The van der Waals surface area contributed by atoms with E-state index in [4.69, 9.17) is 4.74 Å². The Hall–Kier alpha value is -2.61. The Morgan fingerprint density at radius 3 is 2.61 bits per heavy atom. The van der Waals surface area contributed by atoms with Crippen LogP contribution in [-0.4, -0.2) is 79.6 Å². The Balaban J connectivity index is 1.94. The first kappa shape index (κ1) is 21.7. The van der Waals surface area contributed by atoms with Gasteiger partial charge in [0.05, 0.1) is 13.0 Å². The lowest BCUT2D eigenvalue weighted by Gasteiger charge is -2.20. The normalized spacial score (nSPS) is 17.6. The molecule has 8 nitrogen and oxygen atoms in total. The van der Waals surface area contributed by atoms with Crippen molar-refractivity contribution < 1.29 is 24.2 Å². The van der Waals surface area contributed by atoms with Gasteiger partial charge in [0.25, 0.3) is 0 Å². The number of phenols is 1. The molecule has 1 aromatic carbocycles. The summed E-state index contributed by atoms with van der Waals surface area (Å²) in [4.78, 5) is 40.7. The van der Waals surface area contributed by atoms with E-state index in [9.17, 15) is 19.5 Å². The van der Waals surface area contributed by atoms with Crippen molar-refractivity contribution in [3.63, 3.8) is 0 Å². The zero-order chi connectivity index (χ0) is 20.7. The number of aromatic hydroxyl groups is 1. The summed E-state index contributed by atoms with van der Waals surface area (Å²) in [6.45, 7) is 1.86. The molecule has 154 valence electrons. The summed E-state index contributed by atoms with van der Waals surface area (Å²) >= 11 is 0. The van der Waals surface area contributed by atoms with Crippen molar-refractivity contribution in [1.29, 1.82) is 0 Å². The zero-order valence-corrected chi connectivity index (χ0v) is 16.7. The number of hydrogen-bond acceptors (Lipinski definition) is 6. The lowest BCUT2D eigenvalue weighted by molar-refractivity contribution is -0.145. The molecule has 1 heterocycles. The molecule has 2 atom stereocenters. The van der Waals surface area contributed by atoms with Gasteiger partial charge in [-0.15, -0.1) is 0 Å². The van der Waals surface area contributed by atoms with Gasteiger partial charge in [0.2, 0.25) is 11.8 Å². The summed E-state index contributed by atoms with van der Waals surface area (Å²) < 4.78 is 4.80. The smallest absolute Gasteiger partial charge is 0.328 e. The molecule has 0 radical (unpaired) electrons. The molecular formula is C20H29N3O5. The third-order valence-electron chi connectivity index (χ3n) is 4.80. The second kappa shape index (κ2) is 10.1. The summed E-state index contributed by atoms with van der Waals surface area (Å²) in [5.74, 6) is -1.25. The topological polar surface area (TPSA) is 99.2 Å². The number of likely N-dealkylation sites (tertiary alicyclic amines) is 1. The molecule has 28 heavy (non-hydrogen) atoms. The first-order valence-corrected chi connectivity index (χ1v) is 9.38. The summed E-state index contributed by atoms with van der Waals surface area (Å²) in [5, 5.41) is 12.1. The third kappa shape index (κ3) is 6.23. The number of ether oxygens (including phenoxy) is 1. The van der Waals surface area contributed by atoms with Crippen molar-refractivity contribution in [3.8, 4) is 5.75 Å². The van der Waals surface area contributed by atoms with Gasteiger partial charge >= 0.3 is 5.97 Å². The molecule has 2 unspecified atom stereocenters. The van der Waals surface area contributed by atoms with Crippen LogP contribution >= 0.6 is 0 Å². The number of rotatable bonds is 9. The van der Waals surface area contributed by atoms with Gasteiger partial charge in [-0.1, -0.05) is 12.1 Å². The van der Waals surface area contributed by atoms with Crippen LogP contribution in [0.5, 0.6) is 5.75 Å². The lowest BCUT2D eigenvalue weighted by Crippen LogP contribution is -2.46. The molecule has 0 bridgehead atoms. The number of amides is 2. The molecular weight excluding hydrogens is 362 g/mol. The zero-order valence-electron chi connectivity index (χ0n) is 16.7. The molecule has 1 aromatic rings. The number of esters is 1. The van der Waals surface area contributed by atoms with Crippen LogP contribution in [0, 0.1) is 5.92 Å². The van der Waals surface area contributed by atoms with Crippen molar-refractivity contribution in [3.05, 3.63) is 29.8 Å². The van der Waals surface area contributed by atoms with Gasteiger partial charge in [-0.3, -0.25) is 9.59 Å². The Morgan fingerprint density at radius 2 is 2.00 bits per heavy atom. The maximum Gasteiger partial charge on any atom is 0.328 e. The molecule has 0 aromatic heterocycles. The Morgan fingerprint density at radius 1 is 1.32 bits per heavy atom. The summed E-state index contributed by atoms with van der Waals surface area (Å²) in [6, 6.07) is 5.56. The van der Waals surface area contributed by atoms with Gasteiger partial charge in [0.15, 0.2) is 0 Å². The molecule has 8 heteroatoms. The van der Waals surface area contributed by atoms with Gasteiger partial charge in [-0.2, -0.15) is 0 Å². The number of hydrogen-bond donors (Lipinski definition) is 2. The first-order chi connectivity index (χ1) is 13.3. The number of carbonyl (C=O) groups is 3. The summed E-state index contributed by atoms with van der Waals surface area (Å²) in [5.41, 5.74) is 0.779. The molecule has 0 spiro atoms. The maximum absolute atomic E-state index is 12.6. The Kier molecular flexibility index (Phi) is 7.80. The SMILES string of the molecule is COC(=O)C(Cc1ccc(O)cc1)NC(=O)C1CC(=O)N(CCCN(C)C)C1. The van der Waals surface area contributed by atoms with Crippen LogP contribution in [-0.2, 0) is 25.5 Å². The number of nitrogens with one attached hydrogen (secondary N) is 1. The van der Waals surface area contributed by atoms with Crippen LogP contribution in [0.15, 0.2) is 24.3 Å². The molecule has 2 rings (SSSR count). The fourth-order valence-electron chi connectivity index (χ4n) is 3.23. The van der Waals surface area contributed by atoms with Crippen molar-refractivity contribution in [2.45, 2.75) is 25.3 Å². The van der Waals surface area contributed by atoms with Crippen LogP contribution in [0.3, 0.4) is 0 Å². The fourth-order valence-corrected chi connectivity index (χ4v) is 3.23. The average molecular weight is 391 g/mol. The van der Waals surface area contributed by atoms with Gasteiger partial charge in [-0.25, -0.2) is 4.79 Å². The van der Waals surface area contributed by atoms with E-state index < -0.39 is 17.9 Å². The lowest BCUT2D eigenvalue weighted by atomic mass is 10.0. The molecule has 0 saturated carbocycles. The molecule has 0 aliphatic carbocycles. The standard InChI is InChI=1S/C20H29N3O5/c1-22(2)9-4-10-23-13-15(12-18(23)25)19(26)21-17(20(27)28-3)11-14-5-7-16(24)8-6-14/h5-8,15,17,24H,4,9-13H2,1-3H3,(H,21,26). The van der Waals surface area contributed by atoms with Gasteiger partial charge < -0.3 is 25.0 Å². The highest BCUT2D eigenvalue weighted by molar-refractivity contribution is 5.91. The van der Waals surface area contributed by atoms with Gasteiger partial charge in [0.1, 0.15) is 11.8 Å². The maximum atomic E-state index is 12.6. The van der Waals surface area contributed by atoms with E-state index in [0.717, 1.165) is 18.5 Å². The molecule has 1 fully saturated rings. The molecule has 2 N–H and O–H groups in total. The van der Waals surface area contributed by atoms with Crippen LogP contribution in [0.2, 0.25) is 0 Å². The highest BCUT2D eigenvalue weighted by Gasteiger charge is 2.35. The van der Waals surface area contributed by atoms with Crippen molar-refractivity contribution in [2.75, 3.05) is 40.8 Å². The number of nitrogens with zero attached hydrogens (tertiary/aromatic N) is 2. The third-order valence-corrected chi connectivity index (χ3v) is 4.80. The minimum absolute atomic E-state index is 0.0351. The van der Waals surface area contributed by atoms with Gasteiger partial charge in [-0.05, 0) is 44.8 Å². The number of phenolic OH excluding ortho intramolecular Hbond substituents is 1. The van der Waals surface area contributed by atoms with Crippen LogP contribution in [0.1, 0.15) is 18.4 Å². The number of methoxy groups -OCH3 is 1. The predicted molar refractivity (Wildman–Crippen MR) is 104 cm³/mol. The highest BCUT2D eigenvalue weighted by Crippen LogP contribution is 2.19. The minimum atomic E-state index is -0.847. The van der Waals surface area contributed by atoms with E-state index >= 15 is 0 Å². The van der Waals surface area contributed by atoms with Crippen LogP contribution in [0.25, 0.3) is 0 Å². The van der Waals surface area contributed by atoms with E-state index in [1.165, 1.54) is 19.2 Å². The second-order valence-corrected chi connectivity index (χ2v) is 7.35.